The van der Waals surface area contributed by atoms with Gasteiger partial charge in [-0.2, -0.15) is 13.2 Å². The minimum Gasteiger partial charge on any atom is -0.478 e. The first-order chi connectivity index (χ1) is 14.0. The highest BCUT2D eigenvalue weighted by molar-refractivity contribution is 7.17. The summed E-state index contributed by atoms with van der Waals surface area (Å²) in [5.41, 5.74) is 1.15. The zero-order chi connectivity index (χ0) is 22.5. The molecule has 1 saturated heterocycles. The molecule has 3 heterocycles. The summed E-state index contributed by atoms with van der Waals surface area (Å²) in [5.74, 6) is -3.88. The number of aliphatic carboxylic acids is 1. The van der Waals surface area contributed by atoms with Crippen LogP contribution in [0.25, 0.3) is 0 Å². The van der Waals surface area contributed by atoms with Gasteiger partial charge >= 0.3 is 18.1 Å². The van der Waals surface area contributed by atoms with Gasteiger partial charge in [-0.15, -0.1) is 11.3 Å². The molecule has 1 atom stereocenters. The SMILES string of the molecule is CN1CCc2c(sc(NC(=O)CC3CCCCO3)c2C(=O)O)C1.O=C(O)C(F)(F)F. The van der Waals surface area contributed by atoms with E-state index in [1.807, 2.05) is 7.05 Å². The van der Waals surface area contributed by atoms with Crippen LogP contribution in [0.1, 0.15) is 46.5 Å². The Labute approximate surface area is 174 Å². The van der Waals surface area contributed by atoms with E-state index in [4.69, 9.17) is 14.6 Å². The van der Waals surface area contributed by atoms with Gasteiger partial charge in [-0.05, 0) is 38.3 Å². The van der Waals surface area contributed by atoms with Crippen molar-refractivity contribution >= 4 is 34.2 Å². The van der Waals surface area contributed by atoms with Crippen LogP contribution in [0.4, 0.5) is 18.2 Å². The minimum absolute atomic E-state index is 0.0438. The van der Waals surface area contributed by atoms with Crippen molar-refractivity contribution in [3.05, 3.63) is 16.0 Å². The van der Waals surface area contributed by atoms with E-state index >= 15 is 0 Å². The molecule has 0 aliphatic carbocycles. The molecule has 0 spiro atoms. The van der Waals surface area contributed by atoms with Crippen LogP contribution in [0.3, 0.4) is 0 Å². The summed E-state index contributed by atoms with van der Waals surface area (Å²) < 4.78 is 37.3. The fraction of sp³-hybridized carbons (Fsp3) is 0.611. The molecule has 0 aromatic carbocycles. The van der Waals surface area contributed by atoms with Crippen LogP contribution in [0, 0.1) is 0 Å². The first kappa shape index (κ1) is 24.1. The second-order valence-corrected chi connectivity index (χ2v) is 8.15. The van der Waals surface area contributed by atoms with Crippen molar-refractivity contribution in [1.82, 2.24) is 4.90 Å². The van der Waals surface area contributed by atoms with Gasteiger partial charge in [0, 0.05) is 24.6 Å². The highest BCUT2D eigenvalue weighted by atomic mass is 32.1. The van der Waals surface area contributed by atoms with Crippen LogP contribution in [0.15, 0.2) is 0 Å². The van der Waals surface area contributed by atoms with E-state index in [0.717, 1.165) is 42.8 Å². The summed E-state index contributed by atoms with van der Waals surface area (Å²) in [6.45, 7) is 2.28. The number of carbonyl (C=O) groups excluding carboxylic acids is 1. The molecule has 1 amide bonds. The quantitative estimate of drug-likeness (QED) is 0.643. The number of nitrogens with one attached hydrogen (secondary N) is 1. The molecule has 168 valence electrons. The van der Waals surface area contributed by atoms with E-state index < -0.39 is 18.1 Å². The monoisotopic (exact) mass is 452 g/mol. The smallest absolute Gasteiger partial charge is 0.478 e. The number of carbonyl (C=O) groups is 3. The number of hydrogen-bond acceptors (Lipinski definition) is 6. The maximum Gasteiger partial charge on any atom is 0.490 e. The summed E-state index contributed by atoms with van der Waals surface area (Å²) in [4.78, 5) is 36.0. The van der Waals surface area contributed by atoms with Crippen LogP contribution in [-0.4, -0.2) is 65.4 Å². The Kier molecular flexibility index (Phi) is 8.21. The number of ether oxygens (including phenoxy) is 1. The summed E-state index contributed by atoms with van der Waals surface area (Å²) >= 11 is 1.39. The molecule has 1 aromatic heterocycles. The highest BCUT2D eigenvalue weighted by Crippen LogP contribution is 2.37. The predicted molar refractivity (Wildman–Crippen MR) is 102 cm³/mol. The Morgan fingerprint density at radius 3 is 2.47 bits per heavy atom. The van der Waals surface area contributed by atoms with Gasteiger partial charge in [0.25, 0.3) is 0 Å². The molecule has 3 N–H and O–H groups in total. The number of rotatable bonds is 4. The lowest BCUT2D eigenvalue weighted by Gasteiger charge is -2.22. The number of fused-ring (bicyclic) bond motifs is 1. The number of carboxylic acids is 2. The predicted octanol–water partition coefficient (Wildman–Crippen LogP) is 2.97. The molecule has 1 unspecified atom stereocenters. The standard InChI is InChI=1S/C16H22N2O4S.C2HF3O2/c1-18-6-5-11-12(9-18)23-15(14(11)16(20)21)17-13(19)8-10-4-2-3-7-22-10;3-2(4,5)1(6)7/h10H,2-9H2,1H3,(H,17,19)(H,20,21);(H,6,7). The summed E-state index contributed by atoms with van der Waals surface area (Å²) in [7, 11) is 2.02. The Morgan fingerprint density at radius 2 is 1.93 bits per heavy atom. The van der Waals surface area contributed by atoms with E-state index in [9.17, 15) is 27.9 Å². The van der Waals surface area contributed by atoms with E-state index in [1.165, 1.54) is 11.3 Å². The second-order valence-electron chi connectivity index (χ2n) is 7.04. The van der Waals surface area contributed by atoms with Crippen molar-refractivity contribution in [2.24, 2.45) is 0 Å². The van der Waals surface area contributed by atoms with Crippen molar-refractivity contribution < 1.29 is 42.5 Å². The maximum atomic E-state index is 12.2. The third-order valence-corrected chi connectivity index (χ3v) is 5.78. The average Bonchev–Trinajstić information content (AvgIpc) is 2.99. The van der Waals surface area contributed by atoms with E-state index in [0.29, 0.717) is 24.4 Å². The van der Waals surface area contributed by atoms with Crippen LogP contribution >= 0.6 is 11.3 Å². The van der Waals surface area contributed by atoms with Crippen molar-refractivity contribution in [2.75, 3.05) is 25.5 Å². The first-order valence-electron chi connectivity index (χ1n) is 9.27. The van der Waals surface area contributed by atoms with Gasteiger partial charge in [-0.3, -0.25) is 4.79 Å². The van der Waals surface area contributed by atoms with Crippen molar-refractivity contribution in [3.8, 4) is 0 Å². The summed E-state index contributed by atoms with van der Waals surface area (Å²) in [6.07, 6.45) is -1.10. The molecule has 2 aliphatic heterocycles. The molecule has 3 rings (SSSR count). The van der Waals surface area contributed by atoms with E-state index in [-0.39, 0.29) is 17.6 Å². The van der Waals surface area contributed by atoms with E-state index in [1.54, 1.807) is 0 Å². The van der Waals surface area contributed by atoms with Gasteiger partial charge < -0.3 is 25.2 Å². The van der Waals surface area contributed by atoms with Crippen LogP contribution in [0.2, 0.25) is 0 Å². The van der Waals surface area contributed by atoms with Gasteiger partial charge in [-0.1, -0.05) is 0 Å². The number of alkyl halides is 3. The fourth-order valence-electron chi connectivity index (χ4n) is 3.20. The number of carboxylic acid groups (broad SMARTS) is 2. The molecule has 2 aliphatic rings. The highest BCUT2D eigenvalue weighted by Gasteiger charge is 2.38. The third kappa shape index (κ3) is 6.67. The lowest BCUT2D eigenvalue weighted by molar-refractivity contribution is -0.192. The summed E-state index contributed by atoms with van der Waals surface area (Å²) in [5, 5.41) is 19.9. The number of likely N-dealkylation sites (N-methyl/N-ethyl adjacent to an activating group) is 1. The molecular formula is C18H23F3N2O6S. The second kappa shape index (κ2) is 10.2. The lowest BCUT2D eigenvalue weighted by Crippen LogP contribution is -2.26. The van der Waals surface area contributed by atoms with Crippen LogP contribution < -0.4 is 5.32 Å². The molecule has 1 fully saturated rings. The summed E-state index contributed by atoms with van der Waals surface area (Å²) in [6, 6.07) is 0. The number of hydrogen-bond donors (Lipinski definition) is 3. The van der Waals surface area contributed by atoms with Crippen LogP contribution in [0.5, 0.6) is 0 Å². The van der Waals surface area contributed by atoms with Gasteiger partial charge in [0.1, 0.15) is 5.00 Å². The number of amides is 1. The maximum absolute atomic E-state index is 12.2. The van der Waals surface area contributed by atoms with Crippen LogP contribution in [-0.2, 0) is 27.3 Å². The normalized spacial score (nSPS) is 19.3. The van der Waals surface area contributed by atoms with Crippen molar-refractivity contribution in [1.29, 1.82) is 0 Å². The average molecular weight is 452 g/mol. The Bertz CT molecular complexity index is 790. The minimum atomic E-state index is -5.08. The Morgan fingerprint density at radius 1 is 1.27 bits per heavy atom. The van der Waals surface area contributed by atoms with Gasteiger partial charge in [-0.25, -0.2) is 9.59 Å². The third-order valence-electron chi connectivity index (χ3n) is 4.64. The van der Waals surface area contributed by atoms with Gasteiger partial charge in [0.05, 0.1) is 18.1 Å². The lowest BCUT2D eigenvalue weighted by atomic mass is 10.0. The largest absolute Gasteiger partial charge is 0.490 e. The molecule has 1 aromatic rings. The molecular weight excluding hydrogens is 429 g/mol. The molecule has 0 saturated carbocycles. The van der Waals surface area contributed by atoms with Gasteiger partial charge in [0.2, 0.25) is 5.91 Å². The fourth-order valence-corrected chi connectivity index (χ4v) is 4.53. The molecule has 8 nitrogen and oxygen atoms in total. The molecule has 30 heavy (non-hydrogen) atoms. The number of thiophene rings is 1. The van der Waals surface area contributed by atoms with Crippen molar-refractivity contribution in [3.63, 3.8) is 0 Å². The molecule has 0 bridgehead atoms. The number of nitrogens with zero attached hydrogens (tertiary/aromatic N) is 1. The topological polar surface area (TPSA) is 116 Å². The Balaban J connectivity index is 0.000000396. The zero-order valence-electron chi connectivity index (χ0n) is 16.3. The number of anilines is 1. The van der Waals surface area contributed by atoms with E-state index in [2.05, 4.69) is 10.2 Å². The number of halogens is 3. The molecule has 12 heteroatoms. The van der Waals surface area contributed by atoms with Gasteiger partial charge in [0.15, 0.2) is 0 Å². The molecule has 0 radical (unpaired) electrons. The zero-order valence-corrected chi connectivity index (χ0v) is 17.1. The number of aromatic carboxylic acids is 1. The first-order valence-corrected chi connectivity index (χ1v) is 10.1. The Hall–Kier alpha value is -2.18. The van der Waals surface area contributed by atoms with Crippen molar-refractivity contribution in [2.45, 2.75) is 50.9 Å².